The number of carbonyl (C=O) groups is 3. The lowest BCUT2D eigenvalue weighted by Crippen LogP contribution is -2.53. The van der Waals surface area contributed by atoms with Gasteiger partial charge in [0.2, 0.25) is 17.7 Å². The number of nitrogens with zero attached hydrogens (tertiary/aromatic N) is 4. The highest BCUT2D eigenvalue weighted by Crippen LogP contribution is 2.47. The maximum Gasteiger partial charge on any atom is 0.249 e. The zero-order chi connectivity index (χ0) is 39.3. The zero-order valence-corrected chi connectivity index (χ0v) is 35.9. The molecule has 0 spiro atoms. The second kappa shape index (κ2) is 19.7. The third-order valence-electron chi connectivity index (χ3n) is 17.0. The van der Waals surface area contributed by atoms with E-state index in [0.29, 0.717) is 31.2 Å². The Hall–Kier alpha value is -1.81. The summed E-state index contributed by atoms with van der Waals surface area (Å²) in [5.41, 5.74) is 3.79. The minimum absolute atomic E-state index is 0.0622. The third kappa shape index (κ3) is 10.2. The highest BCUT2D eigenvalue weighted by Gasteiger charge is 2.48. The van der Waals surface area contributed by atoms with Crippen LogP contribution >= 0.6 is 0 Å². The summed E-state index contributed by atoms with van der Waals surface area (Å²) in [5.74, 6) is 3.98. The number of nitrogens with one attached hydrogen (secondary N) is 1. The molecule has 4 atom stereocenters. The fourth-order valence-corrected chi connectivity index (χ4v) is 13.8. The van der Waals surface area contributed by atoms with Gasteiger partial charge in [-0.3, -0.25) is 19.7 Å². The van der Waals surface area contributed by atoms with Crippen molar-refractivity contribution in [1.82, 2.24) is 24.9 Å². The number of hydrogen-bond acceptors (Lipinski definition) is 7. The summed E-state index contributed by atoms with van der Waals surface area (Å²) >= 11 is 0. The Kier molecular flexibility index (Phi) is 14.5. The van der Waals surface area contributed by atoms with E-state index in [1.54, 1.807) is 0 Å². The van der Waals surface area contributed by atoms with Crippen LogP contribution in [0.25, 0.3) is 0 Å². The molecule has 0 aromatic carbocycles. The van der Waals surface area contributed by atoms with Gasteiger partial charge in [-0.25, -0.2) is 0 Å². The van der Waals surface area contributed by atoms with Crippen molar-refractivity contribution in [2.75, 3.05) is 58.9 Å². The molecule has 57 heavy (non-hydrogen) atoms. The first-order valence-electron chi connectivity index (χ1n) is 24.6. The minimum Gasteiger partial charge on any atom is -0.393 e. The third-order valence-corrected chi connectivity index (χ3v) is 17.0. The molecule has 0 aromatic heterocycles. The van der Waals surface area contributed by atoms with Crippen LogP contribution in [0.1, 0.15) is 155 Å². The molecular weight excluding hydrogens is 711 g/mol. The molecular formula is C48H79N5O4. The van der Waals surface area contributed by atoms with Crippen LogP contribution in [-0.4, -0.2) is 120 Å². The van der Waals surface area contributed by atoms with Gasteiger partial charge in [0, 0.05) is 44.6 Å². The van der Waals surface area contributed by atoms with Gasteiger partial charge in [0.05, 0.1) is 6.10 Å². The molecule has 8 fully saturated rings. The van der Waals surface area contributed by atoms with Crippen molar-refractivity contribution in [1.29, 1.82) is 0 Å². The lowest BCUT2D eigenvalue weighted by atomic mass is 9.67. The summed E-state index contributed by atoms with van der Waals surface area (Å²) in [6.45, 7) is 13.0. The molecule has 3 amide bonds. The van der Waals surface area contributed by atoms with E-state index in [0.717, 1.165) is 61.8 Å². The Morgan fingerprint density at radius 1 is 0.684 bits per heavy atom. The summed E-state index contributed by atoms with van der Waals surface area (Å²) in [7, 11) is 0. The van der Waals surface area contributed by atoms with Crippen molar-refractivity contribution in [2.45, 2.75) is 173 Å². The molecule has 0 radical (unpaired) electrons. The first-order valence-corrected chi connectivity index (χ1v) is 24.6. The summed E-state index contributed by atoms with van der Waals surface area (Å²) in [6.07, 6.45) is 27.6. The van der Waals surface area contributed by atoms with E-state index in [1.807, 2.05) is 16.0 Å². The molecule has 4 saturated heterocycles. The summed E-state index contributed by atoms with van der Waals surface area (Å²) in [4.78, 5) is 47.7. The highest BCUT2D eigenvalue weighted by atomic mass is 16.3. The SMILES string of the molecule is CC/C(=C(\C1CCC(O)CC1)C1CCC(N2CCC(CN3CCCN(CCC4CCC5C(=O)N(C6CCC(=O)NC6=O)CC5C4)CC3)CC2)CC1)C1CCCCC1. The summed E-state index contributed by atoms with van der Waals surface area (Å²) in [6, 6.07) is 0.332. The number of piperidine rings is 2. The topological polar surface area (TPSA) is 96.4 Å². The Morgan fingerprint density at radius 3 is 2.11 bits per heavy atom. The highest BCUT2D eigenvalue weighted by molar-refractivity contribution is 6.02. The number of amides is 3. The van der Waals surface area contributed by atoms with Crippen molar-refractivity contribution in [3.05, 3.63) is 11.1 Å². The zero-order valence-electron chi connectivity index (χ0n) is 35.9. The van der Waals surface area contributed by atoms with Gasteiger partial charge in [0.25, 0.3) is 0 Å². The molecule has 0 aromatic rings. The molecule has 2 N–H and O–H groups in total. The van der Waals surface area contributed by atoms with Crippen molar-refractivity contribution in [2.24, 2.45) is 41.4 Å². The van der Waals surface area contributed by atoms with Crippen molar-refractivity contribution >= 4 is 17.7 Å². The number of rotatable bonds is 11. The molecule has 0 bridgehead atoms. The first-order chi connectivity index (χ1) is 27.8. The molecule has 4 unspecified atom stereocenters. The molecule has 4 aliphatic heterocycles. The van der Waals surface area contributed by atoms with Crippen LogP contribution in [0.3, 0.4) is 0 Å². The van der Waals surface area contributed by atoms with E-state index in [9.17, 15) is 19.5 Å². The van der Waals surface area contributed by atoms with Crippen LogP contribution in [0, 0.1) is 41.4 Å². The Labute approximate surface area is 345 Å². The van der Waals surface area contributed by atoms with Crippen LogP contribution in [0.5, 0.6) is 0 Å². The van der Waals surface area contributed by atoms with Gasteiger partial charge in [0.15, 0.2) is 0 Å². The predicted molar refractivity (Wildman–Crippen MR) is 226 cm³/mol. The Balaban J connectivity index is 0.746. The Bertz CT molecular complexity index is 1390. The fourth-order valence-electron chi connectivity index (χ4n) is 13.8. The van der Waals surface area contributed by atoms with E-state index in [4.69, 9.17) is 0 Å². The summed E-state index contributed by atoms with van der Waals surface area (Å²) in [5, 5.41) is 12.8. The van der Waals surface area contributed by atoms with Crippen molar-refractivity contribution < 1.29 is 19.5 Å². The van der Waals surface area contributed by atoms with Gasteiger partial charge < -0.3 is 24.7 Å². The maximum atomic E-state index is 13.3. The quantitative estimate of drug-likeness (QED) is 0.169. The normalized spacial score (nSPS) is 36.8. The van der Waals surface area contributed by atoms with Crippen LogP contribution in [0.15, 0.2) is 11.1 Å². The maximum absolute atomic E-state index is 13.3. The van der Waals surface area contributed by atoms with Crippen LogP contribution < -0.4 is 5.32 Å². The molecule has 8 aliphatic rings. The largest absolute Gasteiger partial charge is 0.393 e. The van der Waals surface area contributed by atoms with Crippen molar-refractivity contribution in [3.8, 4) is 0 Å². The fraction of sp³-hybridized carbons (Fsp3) is 0.896. The van der Waals surface area contributed by atoms with Gasteiger partial charge in [-0.2, -0.15) is 0 Å². The predicted octanol–water partition coefficient (Wildman–Crippen LogP) is 7.17. The molecule has 9 heteroatoms. The number of aliphatic hydroxyl groups is 1. The van der Waals surface area contributed by atoms with Crippen molar-refractivity contribution in [3.63, 3.8) is 0 Å². The van der Waals surface area contributed by atoms with Gasteiger partial charge in [-0.15, -0.1) is 0 Å². The second-order valence-electron chi connectivity index (χ2n) is 20.4. The molecule has 4 saturated carbocycles. The van der Waals surface area contributed by atoms with E-state index < -0.39 is 6.04 Å². The lowest BCUT2D eigenvalue weighted by Gasteiger charge is -2.44. The summed E-state index contributed by atoms with van der Waals surface area (Å²) < 4.78 is 0. The van der Waals surface area contributed by atoms with E-state index in [2.05, 4.69) is 26.9 Å². The van der Waals surface area contributed by atoms with Gasteiger partial charge in [-0.1, -0.05) is 37.3 Å². The lowest BCUT2D eigenvalue weighted by molar-refractivity contribution is -0.144. The minimum atomic E-state index is -0.457. The number of imide groups is 1. The number of allylic oxidation sites excluding steroid dienone is 2. The molecule has 4 aliphatic carbocycles. The molecule has 320 valence electrons. The van der Waals surface area contributed by atoms with Gasteiger partial charge >= 0.3 is 0 Å². The average Bonchev–Trinajstić information content (AvgIpc) is 3.39. The number of likely N-dealkylation sites (tertiary alicyclic amines) is 2. The Morgan fingerprint density at radius 2 is 1.39 bits per heavy atom. The first kappa shape index (κ1) is 41.9. The van der Waals surface area contributed by atoms with E-state index in [1.165, 1.54) is 155 Å². The standard InChI is InChI=1S/C48H79N5O4/c1-2-42(36-7-4-3-5-8-36)46(38-12-16-41(54)17-13-38)37-10-14-40(15-11-37)52-27-22-35(23-28-52)32-51-25-6-24-50(29-30-51)26-21-34-9-18-43-39(31-34)33-53(48(43)57)44-19-20-45(55)49-47(44)56/h34-41,43-44,54H,2-33H2,1H3,(H,49,55,56)/b46-42+. The smallest absolute Gasteiger partial charge is 0.249 e. The van der Waals surface area contributed by atoms with E-state index in [-0.39, 0.29) is 29.7 Å². The van der Waals surface area contributed by atoms with Crippen LogP contribution in [-0.2, 0) is 14.4 Å². The van der Waals surface area contributed by atoms with E-state index >= 15 is 0 Å². The number of carbonyl (C=O) groups excluding carboxylic acids is 3. The monoisotopic (exact) mass is 790 g/mol. The molecule has 8 rings (SSSR count). The number of fused-ring (bicyclic) bond motifs is 1. The molecule has 4 heterocycles. The number of aliphatic hydroxyl groups excluding tert-OH is 1. The van der Waals surface area contributed by atoms with Crippen LogP contribution in [0.2, 0.25) is 0 Å². The number of hydrogen-bond donors (Lipinski definition) is 2. The van der Waals surface area contributed by atoms with Gasteiger partial charge in [0.1, 0.15) is 6.04 Å². The van der Waals surface area contributed by atoms with Gasteiger partial charge in [-0.05, 0) is 190 Å². The van der Waals surface area contributed by atoms with Crippen LogP contribution in [0.4, 0.5) is 0 Å². The average molecular weight is 790 g/mol. The molecule has 9 nitrogen and oxygen atoms in total. The second-order valence-corrected chi connectivity index (χ2v) is 20.4.